The molecule has 4 aromatic rings. The van der Waals surface area contributed by atoms with Crippen molar-refractivity contribution in [3.8, 4) is 11.3 Å². The first kappa shape index (κ1) is 18.4. The Morgan fingerprint density at radius 1 is 1.11 bits per heavy atom. The number of benzene rings is 2. The standard InChI is InChI=1S/C23H17BrFNO2/c1-14-16(8-5-9-19(14)25)12-18-21(23(27)28)20-13-17(24)10-11-26(20)22(18)15-6-3-2-4-7-15/h2-11,13H,12H2,1H3,(H,27,28). The van der Waals surface area contributed by atoms with E-state index in [4.69, 9.17) is 0 Å². The molecule has 0 fully saturated rings. The third kappa shape index (κ3) is 3.12. The number of nitrogens with zero attached hydrogens (tertiary/aromatic N) is 1. The number of rotatable bonds is 4. The molecule has 0 spiro atoms. The lowest BCUT2D eigenvalue weighted by Gasteiger charge is -2.10. The van der Waals surface area contributed by atoms with Crippen molar-refractivity contribution >= 4 is 27.4 Å². The minimum atomic E-state index is -0.998. The first-order chi connectivity index (χ1) is 13.5. The second kappa shape index (κ2) is 7.24. The first-order valence-electron chi connectivity index (χ1n) is 8.82. The molecule has 140 valence electrons. The summed E-state index contributed by atoms with van der Waals surface area (Å²) >= 11 is 3.44. The fraction of sp³-hybridized carbons (Fsp3) is 0.0870. The Kier molecular flexibility index (Phi) is 4.77. The van der Waals surface area contributed by atoms with Gasteiger partial charge in [-0.1, -0.05) is 58.4 Å². The molecule has 0 aliphatic carbocycles. The van der Waals surface area contributed by atoms with Crippen LogP contribution in [0.1, 0.15) is 27.0 Å². The van der Waals surface area contributed by atoms with Crippen LogP contribution in [0.2, 0.25) is 0 Å². The molecule has 1 N–H and O–H groups in total. The van der Waals surface area contributed by atoms with E-state index in [2.05, 4.69) is 15.9 Å². The number of halogens is 2. The highest BCUT2D eigenvalue weighted by molar-refractivity contribution is 9.10. The van der Waals surface area contributed by atoms with Crippen molar-refractivity contribution in [1.29, 1.82) is 0 Å². The van der Waals surface area contributed by atoms with E-state index in [0.29, 0.717) is 23.1 Å². The second-order valence-corrected chi connectivity index (χ2v) is 7.59. The molecule has 0 bridgehead atoms. The SMILES string of the molecule is Cc1c(F)cccc1Cc1c(C(=O)O)c2cc(Br)ccn2c1-c1ccccc1. The van der Waals surface area contributed by atoms with Gasteiger partial charge < -0.3 is 9.51 Å². The maximum Gasteiger partial charge on any atom is 0.338 e. The highest BCUT2D eigenvalue weighted by Gasteiger charge is 2.24. The van der Waals surface area contributed by atoms with Gasteiger partial charge in [0.25, 0.3) is 0 Å². The molecular weight excluding hydrogens is 421 g/mol. The topological polar surface area (TPSA) is 41.7 Å². The maximum absolute atomic E-state index is 14.1. The van der Waals surface area contributed by atoms with E-state index in [1.807, 2.05) is 53.1 Å². The third-order valence-corrected chi connectivity index (χ3v) is 5.50. The number of fused-ring (bicyclic) bond motifs is 1. The van der Waals surface area contributed by atoms with Crippen LogP contribution in [0, 0.1) is 12.7 Å². The molecule has 2 aromatic heterocycles. The van der Waals surface area contributed by atoms with Crippen molar-refractivity contribution < 1.29 is 14.3 Å². The van der Waals surface area contributed by atoms with E-state index in [1.165, 1.54) is 6.07 Å². The van der Waals surface area contributed by atoms with Crippen molar-refractivity contribution in [3.63, 3.8) is 0 Å². The summed E-state index contributed by atoms with van der Waals surface area (Å²) in [6.45, 7) is 1.72. The summed E-state index contributed by atoms with van der Waals surface area (Å²) in [5, 5.41) is 10.0. The molecule has 0 aliphatic rings. The molecule has 2 heterocycles. The number of carboxylic acids is 1. The number of hydrogen-bond donors (Lipinski definition) is 1. The molecule has 4 rings (SSSR count). The molecular formula is C23H17BrFNO2. The molecule has 0 aliphatic heterocycles. The maximum atomic E-state index is 14.1. The molecule has 0 atom stereocenters. The fourth-order valence-corrected chi connectivity index (χ4v) is 3.97. The summed E-state index contributed by atoms with van der Waals surface area (Å²) in [4.78, 5) is 12.2. The van der Waals surface area contributed by atoms with E-state index in [9.17, 15) is 14.3 Å². The van der Waals surface area contributed by atoms with Crippen LogP contribution in [-0.4, -0.2) is 15.5 Å². The van der Waals surface area contributed by atoms with Gasteiger partial charge in [0.1, 0.15) is 5.82 Å². The molecule has 0 saturated heterocycles. The Morgan fingerprint density at radius 2 is 1.86 bits per heavy atom. The molecule has 0 saturated carbocycles. The van der Waals surface area contributed by atoms with Crippen molar-refractivity contribution in [3.05, 3.63) is 99.4 Å². The minimum Gasteiger partial charge on any atom is -0.478 e. The summed E-state index contributed by atoms with van der Waals surface area (Å²) in [5.41, 5.74) is 4.54. The van der Waals surface area contributed by atoms with Gasteiger partial charge in [0.2, 0.25) is 0 Å². The molecule has 0 radical (unpaired) electrons. The highest BCUT2D eigenvalue weighted by atomic mass is 79.9. The van der Waals surface area contributed by atoms with E-state index >= 15 is 0 Å². The molecule has 28 heavy (non-hydrogen) atoms. The summed E-state index contributed by atoms with van der Waals surface area (Å²) in [6, 6.07) is 18.3. The largest absolute Gasteiger partial charge is 0.478 e. The Bertz CT molecular complexity index is 1200. The Balaban J connectivity index is 2.06. The number of pyridine rings is 1. The van der Waals surface area contributed by atoms with Gasteiger partial charge in [0.15, 0.2) is 0 Å². The molecule has 5 heteroatoms. The van der Waals surface area contributed by atoms with E-state index in [0.717, 1.165) is 21.3 Å². The van der Waals surface area contributed by atoms with Crippen LogP contribution < -0.4 is 0 Å². The van der Waals surface area contributed by atoms with Gasteiger partial charge in [-0.3, -0.25) is 0 Å². The number of hydrogen-bond acceptors (Lipinski definition) is 1. The second-order valence-electron chi connectivity index (χ2n) is 6.67. The predicted octanol–water partition coefficient (Wildman–Crippen LogP) is 6.11. The van der Waals surface area contributed by atoms with E-state index in [-0.39, 0.29) is 11.4 Å². The molecule has 0 amide bonds. The lowest BCUT2D eigenvalue weighted by Crippen LogP contribution is -2.03. The zero-order valence-electron chi connectivity index (χ0n) is 15.1. The van der Waals surface area contributed by atoms with Crippen molar-refractivity contribution in [1.82, 2.24) is 4.40 Å². The van der Waals surface area contributed by atoms with Crippen LogP contribution in [-0.2, 0) is 6.42 Å². The van der Waals surface area contributed by atoms with E-state index in [1.54, 1.807) is 19.1 Å². The third-order valence-electron chi connectivity index (χ3n) is 5.01. The van der Waals surface area contributed by atoms with Crippen LogP contribution in [0.3, 0.4) is 0 Å². The quantitative estimate of drug-likeness (QED) is 0.418. The average molecular weight is 438 g/mol. The zero-order chi connectivity index (χ0) is 19.8. The summed E-state index contributed by atoms with van der Waals surface area (Å²) in [7, 11) is 0. The number of carbonyl (C=O) groups is 1. The predicted molar refractivity (Wildman–Crippen MR) is 111 cm³/mol. The van der Waals surface area contributed by atoms with Crippen molar-refractivity contribution in [2.45, 2.75) is 13.3 Å². The van der Waals surface area contributed by atoms with Crippen LogP contribution >= 0.6 is 15.9 Å². The molecule has 0 unspecified atom stereocenters. The minimum absolute atomic E-state index is 0.240. The van der Waals surface area contributed by atoms with Gasteiger partial charge in [0.05, 0.1) is 16.8 Å². The zero-order valence-corrected chi connectivity index (χ0v) is 16.7. The van der Waals surface area contributed by atoms with Gasteiger partial charge in [-0.2, -0.15) is 0 Å². The van der Waals surface area contributed by atoms with E-state index < -0.39 is 5.97 Å². The van der Waals surface area contributed by atoms with Crippen molar-refractivity contribution in [2.75, 3.05) is 0 Å². The summed E-state index contributed by atoms with van der Waals surface area (Å²) in [5.74, 6) is -1.29. The van der Waals surface area contributed by atoms with Gasteiger partial charge in [-0.05, 0) is 47.4 Å². The van der Waals surface area contributed by atoms with Gasteiger partial charge in [-0.25, -0.2) is 9.18 Å². The van der Waals surface area contributed by atoms with Gasteiger partial charge in [0, 0.05) is 17.1 Å². The van der Waals surface area contributed by atoms with Crippen LogP contribution in [0.5, 0.6) is 0 Å². The lowest BCUT2D eigenvalue weighted by atomic mass is 9.95. The number of aromatic carboxylic acids is 1. The summed E-state index contributed by atoms with van der Waals surface area (Å²) in [6.07, 6.45) is 2.19. The highest BCUT2D eigenvalue weighted by Crippen LogP contribution is 2.35. The number of aromatic nitrogens is 1. The Morgan fingerprint density at radius 3 is 2.57 bits per heavy atom. The average Bonchev–Trinajstić information content (AvgIpc) is 2.99. The monoisotopic (exact) mass is 437 g/mol. The summed E-state index contributed by atoms with van der Waals surface area (Å²) < 4.78 is 16.8. The van der Waals surface area contributed by atoms with Gasteiger partial charge in [-0.15, -0.1) is 0 Å². The fourth-order valence-electron chi connectivity index (χ4n) is 3.63. The van der Waals surface area contributed by atoms with Gasteiger partial charge >= 0.3 is 5.97 Å². The smallest absolute Gasteiger partial charge is 0.338 e. The normalized spacial score (nSPS) is 11.1. The Hall–Kier alpha value is -2.92. The Labute approximate surface area is 170 Å². The number of carboxylic acid groups (broad SMARTS) is 1. The molecule has 3 nitrogen and oxygen atoms in total. The van der Waals surface area contributed by atoms with Crippen LogP contribution in [0.4, 0.5) is 4.39 Å². The van der Waals surface area contributed by atoms with Crippen LogP contribution in [0.15, 0.2) is 71.3 Å². The molecule has 2 aromatic carbocycles. The van der Waals surface area contributed by atoms with Crippen molar-refractivity contribution in [2.24, 2.45) is 0 Å². The first-order valence-corrected chi connectivity index (χ1v) is 9.62. The lowest BCUT2D eigenvalue weighted by molar-refractivity contribution is 0.0698. The van der Waals surface area contributed by atoms with Crippen LogP contribution in [0.25, 0.3) is 16.8 Å².